The van der Waals surface area contributed by atoms with E-state index in [1.807, 2.05) is 30.3 Å². The van der Waals surface area contributed by atoms with Crippen LogP contribution in [0.5, 0.6) is 0 Å². The summed E-state index contributed by atoms with van der Waals surface area (Å²) in [6, 6.07) is 19.6. The van der Waals surface area contributed by atoms with Crippen molar-refractivity contribution in [2.75, 3.05) is 4.90 Å². The highest BCUT2D eigenvalue weighted by molar-refractivity contribution is 7.99. The van der Waals surface area contributed by atoms with Gasteiger partial charge in [-0.25, -0.2) is 4.39 Å². The molecule has 1 aliphatic carbocycles. The van der Waals surface area contributed by atoms with Crippen LogP contribution in [0.15, 0.2) is 76.5 Å². The number of anilines is 1. The largest absolute Gasteiger partial charge is 0.349 e. The summed E-state index contributed by atoms with van der Waals surface area (Å²) < 4.78 is 14.5. The Balaban J connectivity index is 1.53. The summed E-state index contributed by atoms with van der Waals surface area (Å²) in [5, 5.41) is 3.20. The van der Waals surface area contributed by atoms with Crippen LogP contribution in [0.1, 0.15) is 58.9 Å². The zero-order valence-corrected chi connectivity index (χ0v) is 19.9. The fraction of sp³-hybridized carbons (Fsp3) is 0.286. The molecule has 0 saturated heterocycles. The number of halogens is 1. The van der Waals surface area contributed by atoms with Crippen LogP contribution in [-0.2, 0) is 6.54 Å². The first-order chi connectivity index (χ1) is 16.5. The monoisotopic (exact) mass is 474 g/mol. The van der Waals surface area contributed by atoms with Crippen molar-refractivity contribution >= 4 is 29.3 Å². The van der Waals surface area contributed by atoms with Crippen molar-refractivity contribution in [3.63, 3.8) is 0 Å². The normalized spacial score (nSPS) is 19.7. The standard InChI is InChI=1S/C28H27FN2O2S/c1-18-8-2-6-12-23(18)30-27(32)19-14-15-26-24(16-19)31(17-20-9-3-5-11-22(20)29)28(33)21-10-4-7-13-25(21)34-26/h3-5,7,9-11,13-16,18,23H,2,6,8,12,17H2,1H3,(H,30,32)/t18-,23+/m0/s1. The van der Waals surface area contributed by atoms with Gasteiger partial charge in [-0.15, -0.1) is 0 Å². The van der Waals surface area contributed by atoms with Crippen molar-refractivity contribution in [2.45, 2.75) is 55.0 Å². The van der Waals surface area contributed by atoms with Crippen molar-refractivity contribution < 1.29 is 14.0 Å². The van der Waals surface area contributed by atoms with Gasteiger partial charge in [0.2, 0.25) is 0 Å². The Bertz CT molecular complexity index is 1240. The molecule has 5 rings (SSSR count). The molecule has 1 heterocycles. The minimum absolute atomic E-state index is 0.0815. The van der Waals surface area contributed by atoms with Gasteiger partial charge in [0.1, 0.15) is 5.82 Å². The van der Waals surface area contributed by atoms with Crippen LogP contribution >= 0.6 is 11.8 Å². The Morgan fingerprint density at radius 3 is 2.62 bits per heavy atom. The number of carbonyl (C=O) groups excluding carboxylic acids is 2. The number of fused-ring (bicyclic) bond motifs is 2. The fourth-order valence-electron chi connectivity index (χ4n) is 4.80. The van der Waals surface area contributed by atoms with Crippen LogP contribution < -0.4 is 10.2 Å². The third-order valence-corrected chi connectivity index (χ3v) is 7.95. The Hall–Kier alpha value is -3.12. The molecule has 174 valence electrons. The number of hydrogen-bond donors (Lipinski definition) is 1. The molecule has 2 atom stereocenters. The molecular formula is C28H27FN2O2S. The topological polar surface area (TPSA) is 49.4 Å². The summed E-state index contributed by atoms with van der Waals surface area (Å²) in [5.41, 5.74) is 2.13. The molecule has 0 radical (unpaired) electrons. The van der Waals surface area contributed by atoms with Gasteiger partial charge in [0.15, 0.2) is 0 Å². The molecule has 4 nitrogen and oxygen atoms in total. The molecule has 0 unspecified atom stereocenters. The highest BCUT2D eigenvalue weighted by Gasteiger charge is 2.29. The summed E-state index contributed by atoms with van der Waals surface area (Å²) >= 11 is 1.49. The van der Waals surface area contributed by atoms with Crippen molar-refractivity contribution in [2.24, 2.45) is 5.92 Å². The predicted molar refractivity (Wildman–Crippen MR) is 133 cm³/mol. The summed E-state index contributed by atoms with van der Waals surface area (Å²) in [7, 11) is 0. The summed E-state index contributed by atoms with van der Waals surface area (Å²) in [6.07, 6.45) is 4.44. The third-order valence-electron chi connectivity index (χ3n) is 6.81. The molecular weight excluding hydrogens is 447 g/mol. The summed E-state index contributed by atoms with van der Waals surface area (Å²) in [4.78, 5) is 30.1. The molecule has 2 amide bonds. The molecule has 1 aliphatic heterocycles. The number of benzene rings is 3. The lowest BCUT2D eigenvalue weighted by atomic mass is 9.86. The first kappa shape index (κ1) is 22.7. The van der Waals surface area contributed by atoms with Crippen LogP contribution in [0.2, 0.25) is 0 Å². The minimum atomic E-state index is -0.359. The zero-order valence-electron chi connectivity index (χ0n) is 19.1. The molecule has 0 aromatic heterocycles. The van der Waals surface area contributed by atoms with E-state index < -0.39 is 0 Å². The lowest BCUT2D eigenvalue weighted by Gasteiger charge is -2.29. The highest BCUT2D eigenvalue weighted by Crippen LogP contribution is 2.42. The predicted octanol–water partition coefficient (Wildman–Crippen LogP) is 6.45. The Morgan fingerprint density at radius 2 is 1.79 bits per heavy atom. The summed E-state index contributed by atoms with van der Waals surface area (Å²) in [5.74, 6) is -0.250. The lowest BCUT2D eigenvalue weighted by molar-refractivity contribution is 0.0908. The number of amides is 2. The van der Waals surface area contributed by atoms with E-state index in [9.17, 15) is 14.0 Å². The minimum Gasteiger partial charge on any atom is -0.349 e. The first-order valence-electron chi connectivity index (χ1n) is 11.8. The molecule has 1 fully saturated rings. The van der Waals surface area contributed by atoms with Crippen molar-refractivity contribution in [1.29, 1.82) is 0 Å². The van der Waals surface area contributed by atoms with Crippen molar-refractivity contribution in [3.05, 3.63) is 89.2 Å². The number of rotatable bonds is 4. The molecule has 2 aliphatic rings. The first-order valence-corrected chi connectivity index (χ1v) is 12.6. The average molecular weight is 475 g/mol. The molecule has 34 heavy (non-hydrogen) atoms. The van der Waals surface area contributed by atoms with Crippen LogP contribution in [0.4, 0.5) is 10.1 Å². The molecule has 1 N–H and O–H groups in total. The van der Waals surface area contributed by atoms with E-state index in [1.54, 1.807) is 35.2 Å². The fourth-order valence-corrected chi connectivity index (χ4v) is 5.86. The summed E-state index contributed by atoms with van der Waals surface area (Å²) in [6.45, 7) is 2.27. The second-order valence-electron chi connectivity index (χ2n) is 9.11. The zero-order chi connectivity index (χ0) is 23.7. The van der Waals surface area contributed by atoms with Gasteiger partial charge < -0.3 is 10.2 Å². The second-order valence-corrected chi connectivity index (χ2v) is 10.2. The van der Waals surface area contributed by atoms with Gasteiger partial charge in [-0.2, -0.15) is 0 Å². The number of hydrogen-bond acceptors (Lipinski definition) is 3. The van der Waals surface area contributed by atoms with E-state index in [0.29, 0.717) is 28.3 Å². The molecule has 6 heteroatoms. The van der Waals surface area contributed by atoms with Gasteiger partial charge in [0, 0.05) is 27.0 Å². The quantitative estimate of drug-likeness (QED) is 0.473. The smallest absolute Gasteiger partial charge is 0.259 e. The molecule has 3 aromatic carbocycles. The second kappa shape index (κ2) is 9.63. The van der Waals surface area contributed by atoms with E-state index in [0.717, 1.165) is 29.1 Å². The lowest BCUT2D eigenvalue weighted by Crippen LogP contribution is -2.41. The SMILES string of the molecule is C[C@H]1CCCC[C@H]1NC(=O)c1ccc2c(c1)N(Cc1ccccc1F)C(=O)c1ccccc1S2. The Morgan fingerprint density at radius 1 is 1.03 bits per heavy atom. The Labute approximate surface area is 203 Å². The van der Waals surface area contributed by atoms with Crippen molar-refractivity contribution in [1.82, 2.24) is 5.32 Å². The number of nitrogens with one attached hydrogen (secondary N) is 1. The maximum Gasteiger partial charge on any atom is 0.259 e. The van der Waals surface area contributed by atoms with Gasteiger partial charge in [0.05, 0.1) is 17.8 Å². The van der Waals surface area contributed by atoms with E-state index in [2.05, 4.69) is 12.2 Å². The average Bonchev–Trinajstić information content (AvgIpc) is 2.96. The molecule has 3 aromatic rings. The van der Waals surface area contributed by atoms with Gasteiger partial charge in [-0.3, -0.25) is 9.59 Å². The van der Waals surface area contributed by atoms with Gasteiger partial charge in [-0.05, 0) is 55.2 Å². The highest BCUT2D eigenvalue weighted by atomic mass is 32.2. The molecule has 0 bridgehead atoms. The van der Waals surface area contributed by atoms with Crippen LogP contribution in [0.25, 0.3) is 0 Å². The van der Waals surface area contributed by atoms with Crippen LogP contribution in [-0.4, -0.2) is 17.9 Å². The van der Waals surface area contributed by atoms with E-state index >= 15 is 0 Å². The third kappa shape index (κ3) is 4.47. The Kier molecular flexibility index (Phi) is 6.42. The van der Waals surface area contributed by atoms with Gasteiger partial charge in [0.25, 0.3) is 11.8 Å². The van der Waals surface area contributed by atoms with Crippen molar-refractivity contribution in [3.8, 4) is 0 Å². The number of nitrogens with zero attached hydrogens (tertiary/aromatic N) is 1. The molecule has 0 spiro atoms. The molecule has 1 saturated carbocycles. The number of carbonyl (C=O) groups is 2. The van der Waals surface area contributed by atoms with Crippen LogP contribution in [0.3, 0.4) is 0 Å². The van der Waals surface area contributed by atoms with E-state index in [4.69, 9.17) is 0 Å². The van der Waals surface area contributed by atoms with Gasteiger partial charge >= 0.3 is 0 Å². The van der Waals surface area contributed by atoms with E-state index in [1.165, 1.54) is 24.2 Å². The van der Waals surface area contributed by atoms with E-state index in [-0.39, 0.29) is 30.2 Å². The maximum absolute atomic E-state index is 14.5. The van der Waals surface area contributed by atoms with Gasteiger partial charge in [-0.1, -0.05) is 61.9 Å². The maximum atomic E-state index is 14.5. The van der Waals surface area contributed by atoms with Crippen LogP contribution in [0, 0.1) is 11.7 Å².